The summed E-state index contributed by atoms with van der Waals surface area (Å²) in [6, 6.07) is 14.8. The van der Waals surface area contributed by atoms with Crippen LogP contribution in [-0.2, 0) is 17.6 Å². The quantitative estimate of drug-likeness (QED) is 0.582. The molecule has 0 saturated carbocycles. The van der Waals surface area contributed by atoms with E-state index in [2.05, 4.69) is 46.3 Å². The van der Waals surface area contributed by atoms with Crippen LogP contribution in [0, 0.1) is 0 Å². The summed E-state index contributed by atoms with van der Waals surface area (Å²) >= 11 is 0. The van der Waals surface area contributed by atoms with Crippen LogP contribution in [0.4, 0.5) is 4.79 Å². The average molecular weight is 464 g/mol. The molecule has 5 rings (SSSR count). The monoisotopic (exact) mass is 463 g/mol. The molecule has 2 aromatic carbocycles. The van der Waals surface area contributed by atoms with E-state index in [1.165, 1.54) is 16.6 Å². The number of carbonyl (C=O) groups excluding carboxylic acids is 1. The molecule has 180 valence electrons. The van der Waals surface area contributed by atoms with E-state index >= 15 is 0 Å². The van der Waals surface area contributed by atoms with Gasteiger partial charge in [0.05, 0.1) is 33.0 Å². The molecule has 1 unspecified atom stereocenters. The van der Waals surface area contributed by atoms with Gasteiger partial charge in [0.15, 0.2) is 11.5 Å². The summed E-state index contributed by atoms with van der Waals surface area (Å²) in [4.78, 5) is 21.1. The maximum absolute atomic E-state index is 13.6. The minimum Gasteiger partial charge on any atom is -0.493 e. The number of nitrogens with one attached hydrogen (secondary N) is 1. The molecule has 2 amide bonds. The van der Waals surface area contributed by atoms with Gasteiger partial charge in [0, 0.05) is 30.8 Å². The molecule has 1 atom stereocenters. The number of morpholine rings is 1. The summed E-state index contributed by atoms with van der Waals surface area (Å²) in [7, 11) is 1.68. The number of urea groups is 1. The fourth-order valence-corrected chi connectivity index (χ4v) is 5.17. The van der Waals surface area contributed by atoms with Gasteiger partial charge in [-0.05, 0) is 67.0 Å². The fourth-order valence-electron chi connectivity index (χ4n) is 5.17. The third kappa shape index (κ3) is 4.44. The van der Waals surface area contributed by atoms with Crippen LogP contribution < -0.4 is 9.47 Å². The number of aromatic nitrogens is 1. The summed E-state index contributed by atoms with van der Waals surface area (Å²) in [5, 5.41) is 1.21. The predicted molar refractivity (Wildman–Crippen MR) is 132 cm³/mol. The average Bonchev–Trinajstić information content (AvgIpc) is 3.30. The molecule has 2 aliphatic heterocycles. The second kappa shape index (κ2) is 9.97. The highest BCUT2D eigenvalue weighted by Gasteiger charge is 2.34. The van der Waals surface area contributed by atoms with Crippen molar-refractivity contribution in [1.29, 1.82) is 0 Å². The van der Waals surface area contributed by atoms with Crippen molar-refractivity contribution in [2.75, 3.05) is 46.6 Å². The van der Waals surface area contributed by atoms with Gasteiger partial charge in [0.25, 0.3) is 0 Å². The van der Waals surface area contributed by atoms with Crippen molar-refractivity contribution in [3.63, 3.8) is 0 Å². The molecule has 0 aliphatic carbocycles. The van der Waals surface area contributed by atoms with Crippen LogP contribution in [0.5, 0.6) is 11.5 Å². The molecule has 1 fully saturated rings. The summed E-state index contributed by atoms with van der Waals surface area (Å²) in [5.41, 5.74) is 4.72. The molecule has 3 aromatic rings. The zero-order valence-corrected chi connectivity index (χ0v) is 20.0. The van der Waals surface area contributed by atoms with Crippen LogP contribution >= 0.6 is 0 Å². The molecular formula is C27H33N3O4. The first-order chi connectivity index (χ1) is 16.7. The highest BCUT2D eigenvalue weighted by atomic mass is 16.5. The van der Waals surface area contributed by atoms with Gasteiger partial charge >= 0.3 is 6.03 Å². The van der Waals surface area contributed by atoms with Gasteiger partial charge in [-0.25, -0.2) is 4.79 Å². The Morgan fingerprint density at radius 1 is 1.12 bits per heavy atom. The number of benzene rings is 2. The first-order valence-electron chi connectivity index (χ1n) is 12.2. The Kier molecular flexibility index (Phi) is 6.63. The maximum atomic E-state index is 13.6. The van der Waals surface area contributed by atoms with E-state index in [9.17, 15) is 4.79 Å². The summed E-state index contributed by atoms with van der Waals surface area (Å²) in [5.74, 6) is 1.49. The van der Waals surface area contributed by atoms with E-state index in [0.717, 1.165) is 41.8 Å². The molecule has 1 aromatic heterocycles. The smallest absolute Gasteiger partial charge is 0.320 e. The Balaban J connectivity index is 1.46. The Hall–Kier alpha value is -3.19. The first-order valence-corrected chi connectivity index (χ1v) is 12.2. The Morgan fingerprint density at radius 3 is 2.71 bits per heavy atom. The second-order valence-corrected chi connectivity index (χ2v) is 8.90. The van der Waals surface area contributed by atoms with Gasteiger partial charge in [-0.1, -0.05) is 18.2 Å². The number of methoxy groups -OCH3 is 1. The largest absolute Gasteiger partial charge is 0.493 e. The highest BCUT2D eigenvalue weighted by Crippen LogP contribution is 2.40. The number of hydrogen-bond donors (Lipinski definition) is 1. The third-order valence-electron chi connectivity index (χ3n) is 6.88. The van der Waals surface area contributed by atoms with Crippen molar-refractivity contribution >= 4 is 16.9 Å². The van der Waals surface area contributed by atoms with Crippen LogP contribution in [0.3, 0.4) is 0 Å². The number of carbonyl (C=O) groups is 1. The topological polar surface area (TPSA) is 67.0 Å². The molecule has 7 heteroatoms. The van der Waals surface area contributed by atoms with Crippen LogP contribution in [0.2, 0.25) is 0 Å². The van der Waals surface area contributed by atoms with Crippen LogP contribution in [-0.4, -0.2) is 67.4 Å². The van der Waals surface area contributed by atoms with E-state index in [-0.39, 0.29) is 12.1 Å². The number of amides is 2. The maximum Gasteiger partial charge on any atom is 0.320 e. The molecule has 1 saturated heterocycles. The van der Waals surface area contributed by atoms with E-state index in [1.54, 1.807) is 7.11 Å². The molecule has 3 heterocycles. The molecule has 2 aliphatic rings. The number of nitrogens with zero attached hydrogens (tertiary/aromatic N) is 2. The van der Waals surface area contributed by atoms with Gasteiger partial charge in [-0.2, -0.15) is 0 Å². The van der Waals surface area contributed by atoms with Gasteiger partial charge < -0.3 is 29.0 Å². The standard InChI is InChI=1S/C27H33N3O4/c1-3-34-26-18-22-19(17-25(26)32-2)10-11-30(27(31)29-12-14-33-15-13-29)24(22)9-8-21-16-20-6-4-5-7-23(20)28-21/h4-7,16-18,24,28H,3,8-15H2,1-2H3. The lowest BCUT2D eigenvalue weighted by Crippen LogP contribution is -2.51. The van der Waals surface area contributed by atoms with Crippen LogP contribution in [0.15, 0.2) is 42.5 Å². The first kappa shape index (κ1) is 22.6. The molecule has 0 radical (unpaired) electrons. The van der Waals surface area contributed by atoms with Gasteiger partial charge in [0.1, 0.15) is 0 Å². The molecule has 1 N–H and O–H groups in total. The minimum atomic E-state index is -0.0318. The van der Waals surface area contributed by atoms with Gasteiger partial charge in [-0.15, -0.1) is 0 Å². The Bertz CT molecular complexity index is 1120. The fraction of sp³-hybridized carbons (Fsp3) is 0.444. The highest BCUT2D eigenvalue weighted by molar-refractivity contribution is 5.80. The molecule has 0 spiro atoms. The number of aryl methyl sites for hydroxylation is 1. The zero-order valence-electron chi connectivity index (χ0n) is 20.0. The number of H-pyrrole nitrogens is 1. The van der Waals surface area contributed by atoms with Crippen molar-refractivity contribution in [2.24, 2.45) is 0 Å². The zero-order chi connectivity index (χ0) is 23.5. The van der Waals surface area contributed by atoms with E-state index in [1.807, 2.05) is 17.9 Å². The lowest BCUT2D eigenvalue weighted by atomic mass is 9.89. The molecule has 7 nitrogen and oxygen atoms in total. The van der Waals surface area contributed by atoms with E-state index in [0.29, 0.717) is 39.5 Å². The number of aromatic amines is 1. The van der Waals surface area contributed by atoms with Crippen molar-refractivity contribution in [3.8, 4) is 11.5 Å². The van der Waals surface area contributed by atoms with E-state index in [4.69, 9.17) is 14.2 Å². The predicted octanol–water partition coefficient (Wildman–Crippen LogP) is 4.56. The number of ether oxygens (including phenoxy) is 3. The lowest BCUT2D eigenvalue weighted by molar-refractivity contribution is 0.0376. The molecule has 34 heavy (non-hydrogen) atoms. The minimum absolute atomic E-state index is 0.0318. The third-order valence-corrected chi connectivity index (χ3v) is 6.88. The molecular weight excluding hydrogens is 430 g/mol. The summed E-state index contributed by atoms with van der Waals surface area (Å²) in [6.07, 6.45) is 2.48. The lowest BCUT2D eigenvalue weighted by Gasteiger charge is -2.41. The van der Waals surface area contributed by atoms with Gasteiger partial charge in [0.2, 0.25) is 0 Å². The van der Waals surface area contributed by atoms with Crippen molar-refractivity contribution in [3.05, 3.63) is 59.3 Å². The summed E-state index contributed by atoms with van der Waals surface area (Å²) in [6.45, 7) is 5.71. The van der Waals surface area contributed by atoms with Crippen molar-refractivity contribution in [2.45, 2.75) is 32.2 Å². The number of fused-ring (bicyclic) bond motifs is 2. The van der Waals surface area contributed by atoms with Crippen molar-refractivity contribution < 1.29 is 19.0 Å². The SMILES string of the molecule is CCOc1cc2c(cc1OC)CCN(C(=O)N1CCOCC1)C2CCc1cc2ccccc2[nH]1. The molecule has 0 bridgehead atoms. The number of para-hydroxylation sites is 1. The van der Waals surface area contributed by atoms with Gasteiger partial charge in [-0.3, -0.25) is 0 Å². The summed E-state index contributed by atoms with van der Waals surface area (Å²) < 4.78 is 17.0. The van der Waals surface area contributed by atoms with Crippen molar-refractivity contribution in [1.82, 2.24) is 14.8 Å². The Morgan fingerprint density at radius 2 is 1.94 bits per heavy atom. The number of rotatable bonds is 6. The van der Waals surface area contributed by atoms with Crippen LogP contribution in [0.1, 0.15) is 36.2 Å². The second-order valence-electron chi connectivity index (χ2n) is 8.90. The number of hydrogen-bond acceptors (Lipinski definition) is 4. The van der Waals surface area contributed by atoms with E-state index < -0.39 is 0 Å². The normalized spacial score (nSPS) is 18.1. The Labute approximate surface area is 200 Å². The van der Waals surface area contributed by atoms with Crippen LogP contribution in [0.25, 0.3) is 10.9 Å².